The molecule has 0 radical (unpaired) electrons. The zero-order valence-electron chi connectivity index (χ0n) is 10.4. The highest BCUT2D eigenvalue weighted by atomic mass is 16.5. The molecule has 0 saturated carbocycles. The van der Waals surface area contributed by atoms with Crippen molar-refractivity contribution in [3.63, 3.8) is 0 Å². The van der Waals surface area contributed by atoms with Crippen molar-refractivity contribution >= 4 is 0 Å². The molecular weight excluding hydrogens is 210 g/mol. The Balaban J connectivity index is 1.69. The van der Waals surface area contributed by atoms with Gasteiger partial charge >= 0.3 is 0 Å². The van der Waals surface area contributed by atoms with Gasteiger partial charge in [0.05, 0.1) is 6.10 Å². The topological polar surface area (TPSA) is 21.3 Å². The lowest BCUT2D eigenvalue weighted by atomic mass is 9.93. The lowest BCUT2D eigenvalue weighted by molar-refractivity contribution is 0.104. The van der Waals surface area contributed by atoms with Crippen molar-refractivity contribution < 1.29 is 4.74 Å². The van der Waals surface area contributed by atoms with E-state index in [-0.39, 0.29) is 0 Å². The molecule has 2 nitrogen and oxygen atoms in total. The number of benzene rings is 1. The van der Waals surface area contributed by atoms with Crippen molar-refractivity contribution in [2.45, 2.75) is 44.8 Å². The van der Waals surface area contributed by atoms with Gasteiger partial charge in [0.25, 0.3) is 0 Å². The zero-order valence-corrected chi connectivity index (χ0v) is 10.4. The van der Waals surface area contributed by atoms with Gasteiger partial charge in [-0.1, -0.05) is 18.2 Å². The van der Waals surface area contributed by atoms with E-state index in [9.17, 15) is 0 Å². The van der Waals surface area contributed by atoms with Crippen LogP contribution < -0.4 is 5.32 Å². The molecule has 0 bridgehead atoms. The minimum atomic E-state index is 0.516. The second-order valence-electron chi connectivity index (χ2n) is 5.16. The normalized spacial score (nSPS) is 23.6. The molecule has 1 aromatic carbocycles. The molecular formula is C15H21NO. The summed E-state index contributed by atoms with van der Waals surface area (Å²) in [6, 6.07) is 6.79. The number of nitrogens with one attached hydrogen (secondary N) is 1. The Morgan fingerprint density at radius 1 is 1.35 bits per heavy atom. The fraction of sp³-hybridized carbons (Fsp3) is 0.600. The van der Waals surface area contributed by atoms with Crippen molar-refractivity contribution in [1.82, 2.24) is 5.32 Å². The summed E-state index contributed by atoms with van der Waals surface area (Å²) in [5, 5.41) is 3.48. The number of hydrogen-bond donors (Lipinski definition) is 1. The predicted molar refractivity (Wildman–Crippen MR) is 69.1 cm³/mol. The minimum Gasteiger partial charge on any atom is -0.378 e. The van der Waals surface area contributed by atoms with Gasteiger partial charge in [0.1, 0.15) is 0 Å². The average Bonchev–Trinajstić information content (AvgIpc) is 2.89. The van der Waals surface area contributed by atoms with E-state index in [1.54, 1.807) is 11.1 Å². The SMILES string of the molecule is c1cc2c(c(CCC3CCCO3)c1)CNCC2. The van der Waals surface area contributed by atoms with Gasteiger partial charge in [-0.25, -0.2) is 0 Å². The van der Waals surface area contributed by atoms with Gasteiger partial charge in [0.2, 0.25) is 0 Å². The number of rotatable bonds is 3. The first-order valence-corrected chi connectivity index (χ1v) is 6.85. The molecule has 1 unspecified atom stereocenters. The van der Waals surface area contributed by atoms with Crippen molar-refractivity contribution in [1.29, 1.82) is 0 Å². The maximum Gasteiger partial charge on any atom is 0.0579 e. The summed E-state index contributed by atoms with van der Waals surface area (Å²) in [6.07, 6.45) is 6.57. The predicted octanol–water partition coefficient (Wildman–Crippen LogP) is 2.44. The molecule has 1 aromatic rings. The highest BCUT2D eigenvalue weighted by Gasteiger charge is 2.17. The third kappa shape index (κ3) is 2.53. The molecule has 1 saturated heterocycles. The molecule has 92 valence electrons. The highest BCUT2D eigenvalue weighted by molar-refractivity contribution is 5.37. The van der Waals surface area contributed by atoms with Gasteiger partial charge in [-0.05, 0) is 55.3 Å². The van der Waals surface area contributed by atoms with Crippen LogP contribution in [0.2, 0.25) is 0 Å². The van der Waals surface area contributed by atoms with Crippen LogP contribution in [0.25, 0.3) is 0 Å². The molecule has 0 aliphatic carbocycles. The standard InChI is InChI=1S/C15H21NO/c1-3-12(6-7-14-5-2-10-17-14)15-11-16-9-8-13(15)4-1/h1,3-4,14,16H,2,5-11H2. The van der Waals surface area contributed by atoms with Gasteiger partial charge < -0.3 is 10.1 Å². The molecule has 0 spiro atoms. The molecule has 0 aromatic heterocycles. The summed E-state index contributed by atoms with van der Waals surface area (Å²) in [7, 11) is 0. The van der Waals surface area contributed by atoms with E-state index in [2.05, 4.69) is 23.5 Å². The lowest BCUT2D eigenvalue weighted by Gasteiger charge is -2.21. The van der Waals surface area contributed by atoms with Gasteiger partial charge in [-0.2, -0.15) is 0 Å². The monoisotopic (exact) mass is 231 g/mol. The molecule has 2 heteroatoms. The van der Waals surface area contributed by atoms with E-state index < -0.39 is 0 Å². The van der Waals surface area contributed by atoms with Crippen LogP contribution in [0.5, 0.6) is 0 Å². The molecule has 2 aliphatic heterocycles. The zero-order chi connectivity index (χ0) is 11.5. The summed E-state index contributed by atoms with van der Waals surface area (Å²) in [5.41, 5.74) is 4.63. The second-order valence-corrected chi connectivity index (χ2v) is 5.16. The molecule has 1 atom stereocenters. The van der Waals surface area contributed by atoms with Gasteiger partial charge in [-0.3, -0.25) is 0 Å². The van der Waals surface area contributed by atoms with Crippen LogP contribution in [-0.2, 0) is 24.1 Å². The fourth-order valence-electron chi connectivity index (χ4n) is 3.01. The average molecular weight is 231 g/mol. The number of fused-ring (bicyclic) bond motifs is 1. The maximum absolute atomic E-state index is 5.70. The molecule has 1 N–H and O–H groups in total. The van der Waals surface area contributed by atoms with E-state index in [1.165, 1.54) is 37.7 Å². The number of hydrogen-bond acceptors (Lipinski definition) is 2. The summed E-state index contributed by atoms with van der Waals surface area (Å²) < 4.78 is 5.70. The summed E-state index contributed by atoms with van der Waals surface area (Å²) in [5.74, 6) is 0. The summed E-state index contributed by atoms with van der Waals surface area (Å²) >= 11 is 0. The molecule has 2 aliphatic rings. The minimum absolute atomic E-state index is 0.516. The number of aryl methyl sites for hydroxylation is 1. The van der Waals surface area contributed by atoms with Crippen molar-refractivity contribution in [3.05, 3.63) is 34.9 Å². The Morgan fingerprint density at radius 3 is 3.24 bits per heavy atom. The van der Waals surface area contributed by atoms with E-state index in [1.807, 2.05) is 0 Å². The van der Waals surface area contributed by atoms with Crippen LogP contribution in [0.3, 0.4) is 0 Å². The summed E-state index contributed by atoms with van der Waals surface area (Å²) in [6.45, 7) is 3.15. The van der Waals surface area contributed by atoms with Crippen LogP contribution in [0.15, 0.2) is 18.2 Å². The van der Waals surface area contributed by atoms with Crippen molar-refractivity contribution in [2.24, 2.45) is 0 Å². The molecule has 17 heavy (non-hydrogen) atoms. The smallest absolute Gasteiger partial charge is 0.0579 e. The molecule has 1 fully saturated rings. The van der Waals surface area contributed by atoms with E-state index in [0.29, 0.717) is 6.10 Å². The van der Waals surface area contributed by atoms with E-state index in [0.717, 1.165) is 19.7 Å². The molecule has 0 amide bonds. The van der Waals surface area contributed by atoms with Gasteiger partial charge in [0, 0.05) is 13.2 Å². The Kier molecular flexibility index (Phi) is 3.44. The lowest BCUT2D eigenvalue weighted by Crippen LogP contribution is -2.25. The Hall–Kier alpha value is -0.860. The Morgan fingerprint density at radius 2 is 2.35 bits per heavy atom. The van der Waals surface area contributed by atoms with Crippen molar-refractivity contribution in [3.8, 4) is 0 Å². The van der Waals surface area contributed by atoms with Crippen LogP contribution in [0.4, 0.5) is 0 Å². The maximum atomic E-state index is 5.70. The fourth-order valence-corrected chi connectivity index (χ4v) is 3.01. The highest BCUT2D eigenvalue weighted by Crippen LogP contribution is 2.23. The third-order valence-corrected chi connectivity index (χ3v) is 4.00. The molecule has 3 rings (SSSR count). The quantitative estimate of drug-likeness (QED) is 0.862. The second kappa shape index (κ2) is 5.19. The van der Waals surface area contributed by atoms with E-state index in [4.69, 9.17) is 4.74 Å². The Bertz CT molecular complexity index is 383. The first-order chi connectivity index (χ1) is 8.43. The molecule has 2 heterocycles. The largest absolute Gasteiger partial charge is 0.378 e. The van der Waals surface area contributed by atoms with Crippen LogP contribution in [0.1, 0.15) is 36.0 Å². The number of ether oxygens (including phenoxy) is 1. The van der Waals surface area contributed by atoms with Crippen molar-refractivity contribution in [2.75, 3.05) is 13.2 Å². The third-order valence-electron chi connectivity index (χ3n) is 4.00. The first-order valence-electron chi connectivity index (χ1n) is 6.85. The Labute approximate surface area is 103 Å². The van der Waals surface area contributed by atoms with Crippen LogP contribution in [0, 0.1) is 0 Å². The van der Waals surface area contributed by atoms with E-state index >= 15 is 0 Å². The van der Waals surface area contributed by atoms with Gasteiger partial charge in [0.15, 0.2) is 0 Å². The first kappa shape index (κ1) is 11.2. The van der Waals surface area contributed by atoms with Crippen LogP contribution in [-0.4, -0.2) is 19.3 Å². The van der Waals surface area contributed by atoms with Gasteiger partial charge in [-0.15, -0.1) is 0 Å². The van der Waals surface area contributed by atoms with Crippen LogP contribution >= 0.6 is 0 Å². The summed E-state index contributed by atoms with van der Waals surface area (Å²) in [4.78, 5) is 0.